The van der Waals surface area contributed by atoms with E-state index in [1.54, 1.807) is 0 Å². The molecule has 0 aliphatic carbocycles. The number of unbranched alkanes of at least 4 members (excludes halogenated alkanes) is 6. The molecule has 0 amide bonds. The number of hydrogen-bond acceptors (Lipinski definition) is 3. The lowest BCUT2D eigenvalue weighted by Crippen LogP contribution is -2.11. The Morgan fingerprint density at radius 3 is 2.09 bits per heavy atom. The topological polar surface area (TPSA) is 43.4 Å². The normalized spacial score (nSPS) is 12.5. The molecule has 0 spiro atoms. The summed E-state index contributed by atoms with van der Waals surface area (Å²) < 4.78 is 5.09. The zero-order chi connectivity index (χ0) is 16.6. The first-order valence-corrected chi connectivity index (χ1v) is 8.90. The van der Waals surface area contributed by atoms with E-state index in [0.29, 0.717) is 12.2 Å². The third kappa shape index (κ3) is 15.3. The van der Waals surface area contributed by atoms with E-state index in [4.69, 9.17) is 4.74 Å². The molecule has 128 valence electrons. The Bertz CT molecular complexity index is 321. The van der Waals surface area contributed by atoms with Gasteiger partial charge in [-0.2, -0.15) is 0 Å². The van der Waals surface area contributed by atoms with E-state index in [1.807, 2.05) is 13.8 Å². The minimum Gasteiger partial charge on any atom is -0.463 e. The van der Waals surface area contributed by atoms with Gasteiger partial charge in [-0.15, -0.1) is 0 Å². The highest BCUT2D eigenvalue weighted by Gasteiger charge is 2.03. The van der Waals surface area contributed by atoms with Crippen molar-refractivity contribution in [3.63, 3.8) is 0 Å². The Hall–Kier alpha value is -1.12. The molecule has 0 radical (unpaired) electrons. The van der Waals surface area contributed by atoms with Gasteiger partial charge in [0.15, 0.2) is 0 Å². The van der Waals surface area contributed by atoms with Crippen LogP contribution in [-0.4, -0.2) is 17.9 Å². The van der Waals surface area contributed by atoms with Crippen molar-refractivity contribution in [2.24, 2.45) is 0 Å². The molecule has 0 aromatic carbocycles. The van der Waals surface area contributed by atoms with Gasteiger partial charge in [-0.05, 0) is 51.9 Å². The Morgan fingerprint density at radius 1 is 0.955 bits per heavy atom. The Balaban J connectivity index is 3.27. The highest BCUT2D eigenvalue weighted by molar-refractivity contribution is 5.77. The maximum absolute atomic E-state index is 11.1. The maximum Gasteiger partial charge on any atom is 0.302 e. The summed E-state index contributed by atoms with van der Waals surface area (Å²) in [6.45, 7) is 5.35. The molecular weight excluding hydrogens is 276 g/mol. The van der Waals surface area contributed by atoms with Crippen molar-refractivity contribution in [2.75, 3.05) is 0 Å². The molecule has 3 heteroatoms. The van der Waals surface area contributed by atoms with E-state index < -0.39 is 0 Å². The molecule has 1 atom stereocenters. The SMILES string of the molecule is CCC(=O)CCCCC/C=C/CCCCCC(C)OC(C)=O. The van der Waals surface area contributed by atoms with Crippen LogP contribution in [0.4, 0.5) is 0 Å². The number of ketones is 1. The fourth-order valence-electron chi connectivity index (χ4n) is 2.39. The molecule has 0 fully saturated rings. The minimum absolute atomic E-state index is 0.0487. The van der Waals surface area contributed by atoms with E-state index in [1.165, 1.54) is 26.2 Å². The molecule has 0 N–H and O–H groups in total. The number of ether oxygens (including phenoxy) is 1. The molecule has 0 aromatic rings. The van der Waals surface area contributed by atoms with E-state index >= 15 is 0 Å². The fraction of sp³-hybridized carbons (Fsp3) is 0.789. The van der Waals surface area contributed by atoms with Crippen LogP contribution in [0, 0.1) is 0 Å². The zero-order valence-electron chi connectivity index (χ0n) is 14.7. The third-order valence-electron chi connectivity index (χ3n) is 3.74. The molecule has 0 heterocycles. The van der Waals surface area contributed by atoms with Gasteiger partial charge < -0.3 is 4.74 Å². The van der Waals surface area contributed by atoms with Gasteiger partial charge in [-0.1, -0.05) is 31.9 Å². The lowest BCUT2D eigenvalue weighted by Gasteiger charge is -2.10. The van der Waals surface area contributed by atoms with Gasteiger partial charge in [0.25, 0.3) is 0 Å². The standard InChI is InChI=1S/C19H34O3/c1-4-19(21)16-14-12-10-8-6-5-7-9-11-13-15-17(2)22-18(3)20/h5-6,17H,4,7-16H2,1-3H3/b6-5+. The number of carbonyl (C=O) groups is 2. The van der Waals surface area contributed by atoms with Crippen molar-refractivity contribution >= 4 is 11.8 Å². The van der Waals surface area contributed by atoms with E-state index in [9.17, 15) is 9.59 Å². The van der Waals surface area contributed by atoms with Crippen LogP contribution in [-0.2, 0) is 14.3 Å². The monoisotopic (exact) mass is 310 g/mol. The van der Waals surface area contributed by atoms with Crippen molar-refractivity contribution in [1.29, 1.82) is 0 Å². The number of esters is 1. The maximum atomic E-state index is 11.1. The molecule has 0 saturated carbocycles. The van der Waals surface area contributed by atoms with E-state index in [-0.39, 0.29) is 12.1 Å². The summed E-state index contributed by atoms with van der Waals surface area (Å²) in [5.74, 6) is 0.202. The number of Topliss-reactive ketones (excluding diaryl/α,β-unsaturated/α-hetero) is 1. The average Bonchev–Trinajstić information content (AvgIpc) is 2.47. The first-order chi connectivity index (χ1) is 10.6. The lowest BCUT2D eigenvalue weighted by atomic mass is 10.1. The van der Waals surface area contributed by atoms with Gasteiger partial charge in [-0.3, -0.25) is 9.59 Å². The summed E-state index contributed by atoms with van der Waals surface area (Å²) in [6, 6.07) is 0. The summed E-state index contributed by atoms with van der Waals surface area (Å²) in [5, 5.41) is 0. The highest BCUT2D eigenvalue weighted by atomic mass is 16.5. The van der Waals surface area contributed by atoms with Gasteiger partial charge in [-0.25, -0.2) is 0 Å². The predicted molar refractivity (Wildman–Crippen MR) is 91.8 cm³/mol. The number of carbonyl (C=O) groups excluding carboxylic acids is 2. The first-order valence-electron chi connectivity index (χ1n) is 8.90. The summed E-state index contributed by atoms with van der Waals surface area (Å²) in [7, 11) is 0. The predicted octanol–water partition coefficient (Wildman–Crippen LogP) is 5.37. The molecule has 0 saturated heterocycles. The zero-order valence-corrected chi connectivity index (χ0v) is 14.7. The largest absolute Gasteiger partial charge is 0.463 e. The molecule has 3 nitrogen and oxygen atoms in total. The van der Waals surface area contributed by atoms with Gasteiger partial charge >= 0.3 is 5.97 Å². The van der Waals surface area contributed by atoms with Crippen LogP contribution >= 0.6 is 0 Å². The van der Waals surface area contributed by atoms with Crippen LogP contribution in [0.3, 0.4) is 0 Å². The lowest BCUT2D eigenvalue weighted by molar-refractivity contribution is -0.145. The van der Waals surface area contributed by atoms with E-state index in [0.717, 1.165) is 44.9 Å². The van der Waals surface area contributed by atoms with Crippen molar-refractivity contribution in [3.8, 4) is 0 Å². The summed E-state index contributed by atoms with van der Waals surface area (Å²) >= 11 is 0. The van der Waals surface area contributed by atoms with Gasteiger partial charge in [0, 0.05) is 19.8 Å². The number of allylic oxidation sites excluding steroid dienone is 2. The van der Waals surface area contributed by atoms with Crippen LogP contribution in [0.15, 0.2) is 12.2 Å². The third-order valence-corrected chi connectivity index (χ3v) is 3.74. The van der Waals surface area contributed by atoms with Gasteiger partial charge in [0.1, 0.15) is 5.78 Å². The Labute approximate surface area is 136 Å². The minimum atomic E-state index is -0.186. The Kier molecular flexibility index (Phi) is 14.0. The molecular formula is C19H34O3. The molecule has 0 rings (SSSR count). The highest BCUT2D eigenvalue weighted by Crippen LogP contribution is 2.10. The van der Waals surface area contributed by atoms with Crippen molar-refractivity contribution in [3.05, 3.63) is 12.2 Å². The van der Waals surface area contributed by atoms with Crippen LogP contribution in [0.25, 0.3) is 0 Å². The quantitative estimate of drug-likeness (QED) is 0.246. The summed E-state index contributed by atoms with van der Waals surface area (Å²) in [4.78, 5) is 21.9. The van der Waals surface area contributed by atoms with Crippen LogP contribution in [0.1, 0.15) is 91.4 Å². The van der Waals surface area contributed by atoms with Crippen LogP contribution in [0.5, 0.6) is 0 Å². The van der Waals surface area contributed by atoms with Crippen LogP contribution < -0.4 is 0 Å². The van der Waals surface area contributed by atoms with Gasteiger partial charge in [0.2, 0.25) is 0 Å². The molecule has 1 unspecified atom stereocenters. The smallest absolute Gasteiger partial charge is 0.302 e. The molecule has 0 aromatic heterocycles. The molecule has 22 heavy (non-hydrogen) atoms. The average molecular weight is 310 g/mol. The van der Waals surface area contributed by atoms with Crippen molar-refractivity contribution in [1.82, 2.24) is 0 Å². The fourth-order valence-corrected chi connectivity index (χ4v) is 2.39. The van der Waals surface area contributed by atoms with Gasteiger partial charge in [0.05, 0.1) is 6.10 Å². The second kappa shape index (κ2) is 14.8. The molecule has 0 aliphatic heterocycles. The first kappa shape index (κ1) is 20.9. The Morgan fingerprint density at radius 2 is 1.55 bits per heavy atom. The number of hydrogen-bond donors (Lipinski definition) is 0. The molecule has 0 bridgehead atoms. The van der Waals surface area contributed by atoms with Crippen LogP contribution in [0.2, 0.25) is 0 Å². The summed E-state index contributed by atoms with van der Waals surface area (Å²) in [6.07, 6.45) is 16.1. The number of rotatable bonds is 14. The molecule has 0 aliphatic rings. The van der Waals surface area contributed by atoms with E-state index in [2.05, 4.69) is 12.2 Å². The second-order valence-corrected chi connectivity index (χ2v) is 6.02. The summed E-state index contributed by atoms with van der Waals surface area (Å²) in [5.41, 5.74) is 0. The van der Waals surface area contributed by atoms with Crippen molar-refractivity contribution in [2.45, 2.75) is 97.5 Å². The second-order valence-electron chi connectivity index (χ2n) is 6.02. The van der Waals surface area contributed by atoms with Crippen molar-refractivity contribution < 1.29 is 14.3 Å².